The first-order valence-electron chi connectivity index (χ1n) is 7.31. The van der Waals surface area contributed by atoms with Gasteiger partial charge >= 0.3 is 0 Å². The van der Waals surface area contributed by atoms with Gasteiger partial charge in [0.25, 0.3) is 0 Å². The van der Waals surface area contributed by atoms with Gasteiger partial charge in [-0.15, -0.1) is 0 Å². The zero-order chi connectivity index (χ0) is 13.9. The minimum Gasteiger partial charge on any atom is -0.388 e. The first-order chi connectivity index (χ1) is 9.78. The van der Waals surface area contributed by atoms with Gasteiger partial charge in [-0.2, -0.15) is 0 Å². The Morgan fingerprint density at radius 2 is 1.80 bits per heavy atom. The molecule has 3 heterocycles. The Balaban J connectivity index is 1.74. The zero-order valence-corrected chi connectivity index (χ0v) is 11.9. The van der Waals surface area contributed by atoms with Crippen LogP contribution in [0, 0.1) is 0 Å². The van der Waals surface area contributed by atoms with Crippen molar-refractivity contribution in [2.45, 2.75) is 31.5 Å². The van der Waals surface area contributed by atoms with Gasteiger partial charge in [-0.05, 0) is 19.3 Å². The Morgan fingerprint density at radius 3 is 2.45 bits per heavy atom. The Hall–Kier alpha value is -1.40. The summed E-state index contributed by atoms with van der Waals surface area (Å²) >= 11 is 0. The highest BCUT2D eigenvalue weighted by Gasteiger charge is 2.32. The van der Waals surface area contributed by atoms with Gasteiger partial charge in [0.1, 0.15) is 24.1 Å². The van der Waals surface area contributed by atoms with Crippen molar-refractivity contribution in [3.8, 4) is 0 Å². The summed E-state index contributed by atoms with van der Waals surface area (Å²) in [5.74, 6) is 1.87. The van der Waals surface area contributed by atoms with Crippen LogP contribution in [0.15, 0.2) is 12.4 Å². The molecule has 3 rings (SSSR count). The fraction of sp³-hybridized carbons (Fsp3) is 0.714. The number of ether oxygens (including phenoxy) is 1. The van der Waals surface area contributed by atoms with E-state index in [1.165, 1.54) is 19.3 Å². The van der Waals surface area contributed by atoms with Gasteiger partial charge < -0.3 is 19.6 Å². The van der Waals surface area contributed by atoms with Crippen LogP contribution in [0.2, 0.25) is 0 Å². The molecule has 6 nitrogen and oxygen atoms in total. The third kappa shape index (κ3) is 2.71. The molecule has 0 bridgehead atoms. The summed E-state index contributed by atoms with van der Waals surface area (Å²) in [6, 6.07) is 2.02. The van der Waals surface area contributed by atoms with Crippen molar-refractivity contribution in [2.75, 3.05) is 43.1 Å². The molecule has 1 aromatic rings. The minimum atomic E-state index is -0.451. The predicted molar refractivity (Wildman–Crippen MR) is 77.1 cm³/mol. The van der Waals surface area contributed by atoms with E-state index < -0.39 is 6.10 Å². The van der Waals surface area contributed by atoms with Crippen LogP contribution in [0.4, 0.5) is 11.6 Å². The maximum absolute atomic E-state index is 9.92. The van der Waals surface area contributed by atoms with Crippen LogP contribution in [0.25, 0.3) is 0 Å². The smallest absolute Gasteiger partial charge is 0.134 e. The van der Waals surface area contributed by atoms with Crippen LogP contribution in [-0.4, -0.2) is 60.6 Å². The molecule has 1 aromatic heterocycles. The Kier molecular flexibility index (Phi) is 4.03. The van der Waals surface area contributed by atoms with Crippen molar-refractivity contribution in [1.29, 1.82) is 0 Å². The lowest BCUT2D eigenvalue weighted by atomic mass is 10.1. The number of hydrogen-bond donors (Lipinski definition) is 1. The maximum Gasteiger partial charge on any atom is 0.134 e. The molecule has 110 valence electrons. The minimum absolute atomic E-state index is 0.136. The quantitative estimate of drug-likeness (QED) is 0.876. The van der Waals surface area contributed by atoms with Gasteiger partial charge in [-0.25, -0.2) is 9.97 Å². The molecule has 2 fully saturated rings. The highest BCUT2D eigenvalue weighted by Crippen LogP contribution is 2.24. The second-order valence-electron chi connectivity index (χ2n) is 5.53. The van der Waals surface area contributed by atoms with Crippen molar-refractivity contribution in [2.24, 2.45) is 0 Å². The van der Waals surface area contributed by atoms with Crippen molar-refractivity contribution in [1.82, 2.24) is 9.97 Å². The van der Waals surface area contributed by atoms with E-state index >= 15 is 0 Å². The van der Waals surface area contributed by atoms with E-state index in [1.54, 1.807) is 13.4 Å². The van der Waals surface area contributed by atoms with Gasteiger partial charge in [0.05, 0.1) is 6.10 Å². The molecule has 0 aliphatic carbocycles. The monoisotopic (exact) mass is 278 g/mol. The van der Waals surface area contributed by atoms with Crippen molar-refractivity contribution in [3.05, 3.63) is 12.4 Å². The number of piperidine rings is 1. The number of aliphatic hydroxyl groups excluding tert-OH is 1. The molecule has 1 N–H and O–H groups in total. The number of anilines is 2. The highest BCUT2D eigenvalue weighted by molar-refractivity contribution is 5.51. The molecule has 0 radical (unpaired) electrons. The largest absolute Gasteiger partial charge is 0.388 e. The van der Waals surface area contributed by atoms with Gasteiger partial charge in [0.15, 0.2) is 0 Å². The van der Waals surface area contributed by atoms with E-state index in [0.29, 0.717) is 13.1 Å². The lowest BCUT2D eigenvalue weighted by Gasteiger charge is -2.28. The van der Waals surface area contributed by atoms with E-state index in [0.717, 1.165) is 24.7 Å². The third-order valence-electron chi connectivity index (χ3n) is 4.18. The number of methoxy groups -OCH3 is 1. The molecule has 20 heavy (non-hydrogen) atoms. The van der Waals surface area contributed by atoms with Crippen LogP contribution >= 0.6 is 0 Å². The number of aliphatic hydroxyl groups is 1. The summed E-state index contributed by atoms with van der Waals surface area (Å²) in [5.41, 5.74) is 0. The number of β-amino-alcohol motifs (C(OH)–C–C–N with tert-alkyl or cyclic N) is 1. The molecule has 0 saturated carbocycles. The van der Waals surface area contributed by atoms with E-state index in [9.17, 15) is 5.11 Å². The van der Waals surface area contributed by atoms with Crippen LogP contribution in [0.5, 0.6) is 0 Å². The van der Waals surface area contributed by atoms with Crippen LogP contribution in [0.3, 0.4) is 0 Å². The predicted octanol–water partition coefficient (Wildman–Crippen LogP) is 0.663. The summed E-state index contributed by atoms with van der Waals surface area (Å²) in [7, 11) is 1.64. The molecule has 2 atom stereocenters. The first kappa shape index (κ1) is 13.6. The summed E-state index contributed by atoms with van der Waals surface area (Å²) in [5, 5.41) is 9.92. The molecular formula is C14H22N4O2. The standard InChI is InChI=1S/C14H22N4O2/c1-20-12-9-18(8-11(12)19)14-7-13(15-10-16-14)17-5-3-2-4-6-17/h7,10-12,19H,2-6,8-9H2,1H3/t11-,12-/m0/s1. The molecule has 2 saturated heterocycles. The molecule has 0 aromatic carbocycles. The van der Waals surface area contributed by atoms with Crippen molar-refractivity contribution >= 4 is 11.6 Å². The van der Waals surface area contributed by atoms with Gasteiger partial charge in [0, 0.05) is 39.4 Å². The number of aromatic nitrogens is 2. The topological polar surface area (TPSA) is 61.7 Å². The first-order valence-corrected chi connectivity index (χ1v) is 7.31. The number of hydrogen-bond acceptors (Lipinski definition) is 6. The zero-order valence-electron chi connectivity index (χ0n) is 11.9. The fourth-order valence-corrected chi connectivity index (χ4v) is 2.98. The molecule has 2 aliphatic heterocycles. The lowest BCUT2D eigenvalue weighted by molar-refractivity contribution is 0.0217. The molecule has 0 amide bonds. The number of nitrogens with zero attached hydrogens (tertiary/aromatic N) is 4. The second-order valence-corrected chi connectivity index (χ2v) is 5.53. The third-order valence-corrected chi connectivity index (χ3v) is 4.18. The summed E-state index contributed by atoms with van der Waals surface area (Å²) < 4.78 is 5.28. The van der Waals surface area contributed by atoms with Crippen LogP contribution in [-0.2, 0) is 4.74 Å². The molecular weight excluding hydrogens is 256 g/mol. The fourth-order valence-electron chi connectivity index (χ4n) is 2.98. The van der Waals surface area contributed by atoms with E-state index in [2.05, 4.69) is 19.8 Å². The van der Waals surface area contributed by atoms with Gasteiger partial charge in [-0.1, -0.05) is 0 Å². The molecule has 6 heteroatoms. The van der Waals surface area contributed by atoms with E-state index in [4.69, 9.17) is 4.74 Å². The Labute approximate surface area is 119 Å². The SMILES string of the molecule is CO[C@H]1CN(c2cc(N3CCCCC3)ncn2)C[C@@H]1O. The molecule has 0 spiro atoms. The molecule has 2 aliphatic rings. The Bertz CT molecular complexity index is 451. The highest BCUT2D eigenvalue weighted by atomic mass is 16.5. The summed E-state index contributed by atoms with van der Waals surface area (Å²) in [4.78, 5) is 13.1. The maximum atomic E-state index is 9.92. The normalized spacial score (nSPS) is 27.1. The summed E-state index contributed by atoms with van der Waals surface area (Å²) in [6.07, 6.45) is 4.80. The van der Waals surface area contributed by atoms with E-state index in [1.807, 2.05) is 6.07 Å². The van der Waals surface area contributed by atoms with Gasteiger partial charge in [-0.3, -0.25) is 0 Å². The van der Waals surface area contributed by atoms with Crippen LogP contribution in [0.1, 0.15) is 19.3 Å². The van der Waals surface area contributed by atoms with Crippen molar-refractivity contribution in [3.63, 3.8) is 0 Å². The second kappa shape index (κ2) is 5.93. The Morgan fingerprint density at radius 1 is 1.10 bits per heavy atom. The average Bonchev–Trinajstić information content (AvgIpc) is 2.89. The average molecular weight is 278 g/mol. The number of rotatable bonds is 3. The summed E-state index contributed by atoms with van der Waals surface area (Å²) in [6.45, 7) is 3.38. The van der Waals surface area contributed by atoms with Crippen molar-refractivity contribution < 1.29 is 9.84 Å². The molecule has 0 unspecified atom stereocenters. The lowest BCUT2D eigenvalue weighted by Crippen LogP contribution is -2.31. The van der Waals surface area contributed by atoms with Gasteiger partial charge in [0.2, 0.25) is 0 Å². The van der Waals surface area contributed by atoms with Crippen LogP contribution < -0.4 is 9.80 Å². The van der Waals surface area contributed by atoms with E-state index in [-0.39, 0.29) is 6.10 Å².